The minimum atomic E-state index is -0.228. The van der Waals surface area contributed by atoms with E-state index in [2.05, 4.69) is 36.3 Å². The zero-order valence-corrected chi connectivity index (χ0v) is 8.37. The number of aryl methyl sites for hydroxylation is 1. The average molecular weight is 184 g/mol. The molecule has 0 fully saturated rings. The van der Waals surface area contributed by atoms with Gasteiger partial charge in [0.2, 0.25) is 0 Å². The first-order valence-corrected chi connectivity index (χ1v) is 4.47. The molecule has 5 nitrogen and oxygen atoms in total. The number of hydrogen-bond acceptors (Lipinski definition) is 3. The highest BCUT2D eigenvalue weighted by atomic mass is 16.2. The monoisotopic (exact) mass is 184 g/mol. The van der Waals surface area contributed by atoms with Crippen LogP contribution in [0.1, 0.15) is 33.6 Å². The van der Waals surface area contributed by atoms with Crippen LogP contribution in [0.5, 0.6) is 0 Å². The summed E-state index contributed by atoms with van der Waals surface area (Å²) in [4.78, 5) is 11.0. The highest BCUT2D eigenvalue weighted by molar-refractivity contribution is 4.61. The van der Waals surface area contributed by atoms with E-state index >= 15 is 0 Å². The van der Waals surface area contributed by atoms with Gasteiger partial charge in [0.25, 0.3) is 0 Å². The van der Waals surface area contributed by atoms with Crippen molar-refractivity contribution in [3.05, 3.63) is 10.5 Å². The summed E-state index contributed by atoms with van der Waals surface area (Å²) in [5, 5.41) is 9.31. The molecule has 1 N–H and O–H groups in total. The Morgan fingerprint density at radius 1 is 1.46 bits per heavy atom. The van der Waals surface area contributed by atoms with Crippen LogP contribution in [0.2, 0.25) is 0 Å². The second-order valence-corrected chi connectivity index (χ2v) is 4.39. The Hall–Kier alpha value is -1.13. The summed E-state index contributed by atoms with van der Waals surface area (Å²) in [7, 11) is 0. The van der Waals surface area contributed by atoms with E-state index in [1.54, 1.807) is 0 Å². The quantitative estimate of drug-likeness (QED) is 0.755. The Balaban J connectivity index is 2.37. The molecule has 0 atom stereocenters. The molecule has 1 rings (SSSR count). The van der Waals surface area contributed by atoms with E-state index in [-0.39, 0.29) is 5.69 Å². The van der Waals surface area contributed by atoms with Crippen LogP contribution in [0.25, 0.3) is 0 Å². The van der Waals surface area contributed by atoms with E-state index in [9.17, 15) is 4.79 Å². The maximum absolute atomic E-state index is 11.0. The summed E-state index contributed by atoms with van der Waals surface area (Å²) in [6.45, 7) is 7.18. The van der Waals surface area contributed by atoms with E-state index in [4.69, 9.17) is 0 Å². The largest absolute Gasteiger partial charge is 0.361 e. The second kappa shape index (κ2) is 3.72. The fourth-order valence-corrected chi connectivity index (χ4v) is 1.12. The van der Waals surface area contributed by atoms with Gasteiger partial charge >= 0.3 is 5.69 Å². The summed E-state index contributed by atoms with van der Waals surface area (Å²) in [5.74, 6) is 0. The van der Waals surface area contributed by atoms with Crippen LogP contribution in [0.15, 0.2) is 4.79 Å². The first-order chi connectivity index (χ1) is 5.99. The van der Waals surface area contributed by atoms with E-state index in [0.717, 1.165) is 12.8 Å². The molecule has 0 aliphatic heterocycles. The molecule has 13 heavy (non-hydrogen) atoms. The van der Waals surface area contributed by atoms with Gasteiger partial charge in [-0.05, 0) is 28.7 Å². The number of H-pyrrole nitrogens is 1. The SMILES string of the molecule is CC(C)(C)CCCn1nn[nH]c1=O. The molecule has 1 aromatic rings. The van der Waals surface area contributed by atoms with Crippen molar-refractivity contribution in [1.82, 2.24) is 20.2 Å². The van der Waals surface area contributed by atoms with E-state index in [0.29, 0.717) is 12.0 Å². The molecule has 0 saturated carbocycles. The van der Waals surface area contributed by atoms with Crippen LogP contribution >= 0.6 is 0 Å². The number of rotatable bonds is 3. The van der Waals surface area contributed by atoms with Crippen molar-refractivity contribution in [2.45, 2.75) is 40.2 Å². The number of aromatic nitrogens is 4. The van der Waals surface area contributed by atoms with Gasteiger partial charge in [0, 0.05) is 6.54 Å². The first-order valence-electron chi connectivity index (χ1n) is 4.47. The molecule has 0 aliphatic rings. The van der Waals surface area contributed by atoms with Crippen molar-refractivity contribution in [3.8, 4) is 0 Å². The van der Waals surface area contributed by atoms with Gasteiger partial charge in [0.05, 0.1) is 0 Å². The van der Waals surface area contributed by atoms with E-state index in [1.165, 1.54) is 4.68 Å². The van der Waals surface area contributed by atoms with Crippen LogP contribution < -0.4 is 5.69 Å². The standard InChI is InChI=1S/C8H16N4O/c1-8(2,3)5-4-6-12-7(13)9-10-11-12/h4-6H2,1-3H3,(H,9,11,13). The number of nitrogens with zero attached hydrogens (tertiary/aromatic N) is 3. The third kappa shape index (κ3) is 3.40. The van der Waals surface area contributed by atoms with Crippen molar-refractivity contribution >= 4 is 0 Å². The minimum absolute atomic E-state index is 0.228. The molecule has 0 unspecified atom stereocenters. The molecule has 0 bridgehead atoms. The molecule has 1 aromatic heterocycles. The van der Waals surface area contributed by atoms with Crippen molar-refractivity contribution in [1.29, 1.82) is 0 Å². The second-order valence-electron chi connectivity index (χ2n) is 4.39. The zero-order chi connectivity index (χ0) is 9.90. The predicted molar refractivity (Wildman–Crippen MR) is 49.3 cm³/mol. The highest BCUT2D eigenvalue weighted by Crippen LogP contribution is 2.20. The van der Waals surface area contributed by atoms with Gasteiger partial charge in [-0.15, -0.1) is 0 Å². The molecule has 0 spiro atoms. The normalized spacial score (nSPS) is 11.9. The lowest BCUT2D eigenvalue weighted by Gasteiger charge is -2.16. The van der Waals surface area contributed by atoms with Crippen LogP contribution in [-0.2, 0) is 6.54 Å². The van der Waals surface area contributed by atoms with Gasteiger partial charge in [-0.25, -0.2) is 9.89 Å². The van der Waals surface area contributed by atoms with Crippen molar-refractivity contribution in [2.24, 2.45) is 5.41 Å². The average Bonchev–Trinajstić information content (AvgIpc) is 2.34. The Bertz CT molecular complexity index is 306. The van der Waals surface area contributed by atoms with Gasteiger partial charge in [-0.2, -0.15) is 4.68 Å². The third-order valence-corrected chi connectivity index (χ3v) is 1.83. The van der Waals surface area contributed by atoms with Crippen LogP contribution in [-0.4, -0.2) is 20.2 Å². The fourth-order valence-electron chi connectivity index (χ4n) is 1.12. The smallest absolute Gasteiger partial charge is 0.245 e. The van der Waals surface area contributed by atoms with Crippen LogP contribution in [0.3, 0.4) is 0 Å². The molecule has 0 aliphatic carbocycles. The molecular weight excluding hydrogens is 168 g/mol. The zero-order valence-electron chi connectivity index (χ0n) is 8.37. The number of tetrazole rings is 1. The molecular formula is C8H16N4O. The lowest BCUT2D eigenvalue weighted by molar-refractivity contribution is 0.346. The number of hydrogen-bond donors (Lipinski definition) is 1. The van der Waals surface area contributed by atoms with Gasteiger partial charge in [0.1, 0.15) is 0 Å². The summed E-state index contributed by atoms with van der Waals surface area (Å²) >= 11 is 0. The third-order valence-electron chi connectivity index (χ3n) is 1.83. The fraction of sp³-hybridized carbons (Fsp3) is 0.875. The molecule has 1 heterocycles. The summed E-state index contributed by atoms with van der Waals surface area (Å²) in [6, 6.07) is 0. The van der Waals surface area contributed by atoms with Gasteiger partial charge in [-0.3, -0.25) is 0 Å². The lowest BCUT2D eigenvalue weighted by Crippen LogP contribution is -2.19. The topological polar surface area (TPSA) is 63.6 Å². The highest BCUT2D eigenvalue weighted by Gasteiger charge is 2.09. The van der Waals surface area contributed by atoms with Gasteiger partial charge < -0.3 is 0 Å². The Kier molecular flexibility index (Phi) is 2.85. The predicted octanol–water partition coefficient (Wildman–Crippen LogP) is 0.793. The van der Waals surface area contributed by atoms with Crippen molar-refractivity contribution in [3.63, 3.8) is 0 Å². The Morgan fingerprint density at radius 2 is 2.15 bits per heavy atom. The van der Waals surface area contributed by atoms with Crippen LogP contribution in [0, 0.1) is 5.41 Å². The Labute approximate surface area is 77.1 Å². The van der Waals surface area contributed by atoms with Crippen molar-refractivity contribution < 1.29 is 0 Å². The first kappa shape index (κ1) is 9.95. The molecule has 0 saturated heterocycles. The van der Waals surface area contributed by atoms with E-state index < -0.39 is 0 Å². The maximum Gasteiger partial charge on any atom is 0.361 e. The summed E-state index contributed by atoms with van der Waals surface area (Å²) in [6.07, 6.45) is 2.03. The van der Waals surface area contributed by atoms with Crippen LogP contribution in [0.4, 0.5) is 0 Å². The van der Waals surface area contributed by atoms with Crippen molar-refractivity contribution in [2.75, 3.05) is 0 Å². The number of aromatic amines is 1. The van der Waals surface area contributed by atoms with Gasteiger partial charge in [-0.1, -0.05) is 20.8 Å². The minimum Gasteiger partial charge on any atom is -0.245 e. The molecule has 0 amide bonds. The van der Waals surface area contributed by atoms with Gasteiger partial charge in [0.15, 0.2) is 0 Å². The summed E-state index contributed by atoms with van der Waals surface area (Å²) < 4.78 is 1.35. The molecule has 5 heteroatoms. The lowest BCUT2D eigenvalue weighted by atomic mass is 9.91. The number of nitrogens with one attached hydrogen (secondary N) is 1. The van der Waals surface area contributed by atoms with E-state index in [1.807, 2.05) is 0 Å². The molecule has 0 radical (unpaired) electrons. The molecule has 0 aromatic carbocycles. The summed E-state index contributed by atoms with van der Waals surface area (Å²) in [5.41, 5.74) is 0.0850. The maximum atomic E-state index is 11.0. The molecule has 74 valence electrons. The Morgan fingerprint density at radius 3 is 2.62 bits per heavy atom.